The second-order valence-electron chi connectivity index (χ2n) is 5.63. The molecule has 0 radical (unpaired) electrons. The van der Waals surface area contributed by atoms with Crippen LogP contribution in [0, 0.1) is 5.92 Å². The highest BCUT2D eigenvalue weighted by atomic mass is 16.5. The van der Waals surface area contributed by atoms with Crippen LogP contribution in [0.1, 0.15) is 20.3 Å². The summed E-state index contributed by atoms with van der Waals surface area (Å²) in [6, 6.07) is 1.28. The molecule has 0 aromatic carbocycles. The molecule has 4 nitrogen and oxygen atoms in total. The van der Waals surface area contributed by atoms with Gasteiger partial charge in [-0.2, -0.15) is 0 Å². The number of hydrogen-bond acceptors (Lipinski definition) is 4. The Hall–Kier alpha value is -0.160. The molecule has 0 saturated carbocycles. The molecule has 0 aromatic heterocycles. The smallest absolute Gasteiger partial charge is 0.0594 e. The van der Waals surface area contributed by atoms with Crippen LogP contribution in [0.15, 0.2) is 0 Å². The Morgan fingerprint density at radius 1 is 1.24 bits per heavy atom. The normalized spacial score (nSPS) is 30.0. The molecule has 2 aliphatic heterocycles. The van der Waals surface area contributed by atoms with Crippen molar-refractivity contribution in [3.8, 4) is 0 Å². The van der Waals surface area contributed by atoms with Gasteiger partial charge in [0.2, 0.25) is 0 Å². The maximum Gasteiger partial charge on any atom is 0.0594 e. The number of hydrogen-bond donors (Lipinski definition) is 1. The summed E-state index contributed by atoms with van der Waals surface area (Å²) in [6.07, 6.45) is 1.29. The molecule has 0 aliphatic carbocycles. The van der Waals surface area contributed by atoms with Crippen LogP contribution in [0.3, 0.4) is 0 Å². The van der Waals surface area contributed by atoms with Crippen molar-refractivity contribution in [2.24, 2.45) is 11.7 Å². The Kier molecular flexibility index (Phi) is 4.79. The number of morpholine rings is 1. The monoisotopic (exact) mass is 241 g/mol. The van der Waals surface area contributed by atoms with Crippen molar-refractivity contribution in [3.05, 3.63) is 0 Å². The highest BCUT2D eigenvalue weighted by molar-refractivity contribution is 4.89. The summed E-state index contributed by atoms with van der Waals surface area (Å²) in [5.41, 5.74) is 5.90. The van der Waals surface area contributed by atoms with Gasteiger partial charge in [-0.25, -0.2) is 0 Å². The highest BCUT2D eigenvalue weighted by Crippen LogP contribution is 2.21. The Labute approximate surface area is 105 Å². The molecule has 2 fully saturated rings. The maximum absolute atomic E-state index is 5.90. The standard InChI is InChI=1S/C13H27N3O/c1-11(2)13(9-14)16-4-3-12(10-16)15-5-7-17-8-6-15/h11-13H,3-10,14H2,1-2H3. The first-order valence-corrected chi connectivity index (χ1v) is 6.98. The first-order valence-electron chi connectivity index (χ1n) is 6.98. The van der Waals surface area contributed by atoms with E-state index in [1.165, 1.54) is 19.5 Å². The van der Waals surface area contributed by atoms with E-state index in [9.17, 15) is 0 Å². The Morgan fingerprint density at radius 3 is 2.53 bits per heavy atom. The van der Waals surface area contributed by atoms with Gasteiger partial charge < -0.3 is 10.5 Å². The van der Waals surface area contributed by atoms with E-state index >= 15 is 0 Å². The summed E-state index contributed by atoms with van der Waals surface area (Å²) < 4.78 is 5.42. The van der Waals surface area contributed by atoms with Crippen LogP contribution >= 0.6 is 0 Å². The third kappa shape index (κ3) is 3.19. The van der Waals surface area contributed by atoms with Gasteiger partial charge in [0.05, 0.1) is 13.2 Å². The molecule has 0 amide bonds. The molecule has 2 N–H and O–H groups in total. The molecule has 4 heteroatoms. The lowest BCUT2D eigenvalue weighted by molar-refractivity contribution is 0.0171. The van der Waals surface area contributed by atoms with E-state index in [0.29, 0.717) is 12.0 Å². The summed E-state index contributed by atoms with van der Waals surface area (Å²) in [5, 5.41) is 0. The summed E-state index contributed by atoms with van der Waals surface area (Å²) in [5.74, 6) is 0.656. The summed E-state index contributed by atoms with van der Waals surface area (Å²) in [4.78, 5) is 5.18. The van der Waals surface area contributed by atoms with Gasteiger partial charge in [-0.3, -0.25) is 9.80 Å². The molecule has 0 aromatic rings. The minimum Gasteiger partial charge on any atom is -0.379 e. The molecular formula is C13H27N3O. The second-order valence-corrected chi connectivity index (χ2v) is 5.63. The van der Waals surface area contributed by atoms with Crippen molar-refractivity contribution in [1.29, 1.82) is 0 Å². The van der Waals surface area contributed by atoms with E-state index in [0.717, 1.165) is 38.9 Å². The summed E-state index contributed by atoms with van der Waals surface area (Å²) in [7, 11) is 0. The topological polar surface area (TPSA) is 41.7 Å². The Balaban J connectivity index is 1.85. The van der Waals surface area contributed by atoms with Crippen LogP contribution in [-0.2, 0) is 4.74 Å². The zero-order valence-electron chi connectivity index (χ0n) is 11.3. The van der Waals surface area contributed by atoms with Crippen LogP contribution in [0.25, 0.3) is 0 Å². The summed E-state index contributed by atoms with van der Waals surface area (Å²) in [6.45, 7) is 11.8. The van der Waals surface area contributed by atoms with E-state index in [2.05, 4.69) is 23.6 Å². The molecular weight excluding hydrogens is 214 g/mol. The minimum atomic E-state index is 0.557. The van der Waals surface area contributed by atoms with E-state index in [-0.39, 0.29) is 0 Å². The molecule has 2 heterocycles. The van der Waals surface area contributed by atoms with Crippen LogP contribution in [0.2, 0.25) is 0 Å². The number of nitrogens with zero attached hydrogens (tertiary/aromatic N) is 2. The van der Waals surface area contributed by atoms with Gasteiger partial charge in [-0.15, -0.1) is 0 Å². The summed E-state index contributed by atoms with van der Waals surface area (Å²) >= 11 is 0. The fourth-order valence-electron chi connectivity index (χ4n) is 3.15. The molecule has 2 aliphatic rings. The van der Waals surface area contributed by atoms with Crippen molar-refractivity contribution >= 4 is 0 Å². The predicted molar refractivity (Wildman–Crippen MR) is 70.1 cm³/mol. The van der Waals surface area contributed by atoms with Crippen LogP contribution in [0.4, 0.5) is 0 Å². The molecule has 2 rings (SSSR count). The Bertz CT molecular complexity index is 229. The van der Waals surface area contributed by atoms with Crippen LogP contribution < -0.4 is 5.73 Å². The lowest BCUT2D eigenvalue weighted by Crippen LogP contribution is -2.47. The molecule has 0 bridgehead atoms. The maximum atomic E-state index is 5.90. The van der Waals surface area contributed by atoms with Crippen molar-refractivity contribution in [2.75, 3.05) is 45.9 Å². The van der Waals surface area contributed by atoms with Gasteiger partial charge in [0.1, 0.15) is 0 Å². The lowest BCUT2D eigenvalue weighted by Gasteiger charge is -2.34. The quantitative estimate of drug-likeness (QED) is 0.772. The Morgan fingerprint density at radius 2 is 1.94 bits per heavy atom. The van der Waals surface area contributed by atoms with Gasteiger partial charge in [0, 0.05) is 44.8 Å². The average molecular weight is 241 g/mol. The van der Waals surface area contributed by atoms with Crippen molar-refractivity contribution in [3.63, 3.8) is 0 Å². The number of likely N-dealkylation sites (tertiary alicyclic amines) is 1. The number of nitrogens with two attached hydrogens (primary N) is 1. The van der Waals surface area contributed by atoms with E-state index in [1.807, 2.05) is 0 Å². The van der Waals surface area contributed by atoms with Crippen molar-refractivity contribution in [1.82, 2.24) is 9.80 Å². The molecule has 0 spiro atoms. The van der Waals surface area contributed by atoms with Crippen molar-refractivity contribution in [2.45, 2.75) is 32.4 Å². The SMILES string of the molecule is CC(C)C(CN)N1CCC(N2CCOCC2)C1. The molecule has 2 saturated heterocycles. The molecule has 2 unspecified atom stereocenters. The number of ether oxygens (including phenoxy) is 1. The second kappa shape index (κ2) is 6.14. The van der Waals surface area contributed by atoms with Gasteiger partial charge in [-0.1, -0.05) is 13.8 Å². The van der Waals surface area contributed by atoms with Gasteiger partial charge in [-0.05, 0) is 12.3 Å². The van der Waals surface area contributed by atoms with E-state index in [4.69, 9.17) is 10.5 Å². The van der Waals surface area contributed by atoms with E-state index < -0.39 is 0 Å². The fraction of sp³-hybridized carbons (Fsp3) is 1.00. The van der Waals surface area contributed by atoms with Gasteiger partial charge in [0.25, 0.3) is 0 Å². The first-order chi connectivity index (χ1) is 8.22. The molecule has 17 heavy (non-hydrogen) atoms. The zero-order chi connectivity index (χ0) is 12.3. The first kappa shape index (κ1) is 13.3. The average Bonchev–Trinajstić information content (AvgIpc) is 2.80. The third-order valence-electron chi connectivity index (χ3n) is 4.24. The fourth-order valence-corrected chi connectivity index (χ4v) is 3.15. The predicted octanol–water partition coefficient (Wildman–Crippen LogP) is 0.376. The number of rotatable bonds is 4. The zero-order valence-corrected chi connectivity index (χ0v) is 11.3. The molecule has 2 atom stereocenters. The minimum absolute atomic E-state index is 0.557. The lowest BCUT2D eigenvalue weighted by atomic mass is 10.0. The van der Waals surface area contributed by atoms with Crippen LogP contribution in [-0.4, -0.2) is 67.8 Å². The van der Waals surface area contributed by atoms with Crippen molar-refractivity contribution < 1.29 is 4.74 Å². The third-order valence-corrected chi connectivity index (χ3v) is 4.24. The largest absolute Gasteiger partial charge is 0.379 e. The molecule has 100 valence electrons. The highest BCUT2D eigenvalue weighted by Gasteiger charge is 2.32. The van der Waals surface area contributed by atoms with E-state index in [1.54, 1.807) is 0 Å². The van der Waals surface area contributed by atoms with Gasteiger partial charge in [0.15, 0.2) is 0 Å². The van der Waals surface area contributed by atoms with Gasteiger partial charge >= 0.3 is 0 Å². The van der Waals surface area contributed by atoms with Crippen LogP contribution in [0.5, 0.6) is 0 Å².